The molecule has 0 saturated heterocycles. The van der Waals surface area contributed by atoms with E-state index in [4.69, 9.17) is 5.26 Å². The highest BCUT2D eigenvalue weighted by Gasteiger charge is 2.38. The second-order valence-electron chi connectivity index (χ2n) is 2.45. The Morgan fingerprint density at radius 2 is 2.13 bits per heavy atom. The lowest BCUT2D eigenvalue weighted by Gasteiger charge is -2.06. The van der Waals surface area contributed by atoms with Crippen molar-refractivity contribution in [3.63, 3.8) is 0 Å². The third-order valence-electron chi connectivity index (χ3n) is 1.50. The van der Waals surface area contributed by atoms with Crippen LogP contribution < -0.4 is 0 Å². The van der Waals surface area contributed by atoms with Gasteiger partial charge in [0.15, 0.2) is 0 Å². The molecule has 1 heterocycles. The predicted octanol–water partition coefficient (Wildman–Crippen LogP) is 1.88. The first-order valence-corrected chi connectivity index (χ1v) is 3.48. The molecule has 0 amide bonds. The van der Waals surface area contributed by atoms with Gasteiger partial charge in [-0.1, -0.05) is 0 Å². The fourth-order valence-corrected chi connectivity index (χ4v) is 0.882. The lowest BCUT2D eigenvalue weighted by molar-refractivity contribution is -0.388. The topological polar surface area (TPSA) is 79.8 Å². The molecule has 1 aromatic heterocycles. The van der Waals surface area contributed by atoms with Crippen LogP contribution in [0.15, 0.2) is 12.3 Å². The summed E-state index contributed by atoms with van der Waals surface area (Å²) in [6.07, 6.45) is -4.46. The Kier molecular flexibility index (Phi) is 2.57. The number of hydrogen-bond donors (Lipinski definition) is 0. The van der Waals surface area contributed by atoms with E-state index in [0.29, 0.717) is 12.3 Å². The first-order valence-electron chi connectivity index (χ1n) is 3.48. The van der Waals surface area contributed by atoms with Crippen molar-refractivity contribution < 1.29 is 18.1 Å². The minimum absolute atomic E-state index is 0.345. The maximum atomic E-state index is 12.3. The maximum absolute atomic E-state index is 12.3. The highest BCUT2D eigenvalue weighted by Crippen LogP contribution is 2.35. The summed E-state index contributed by atoms with van der Waals surface area (Å²) in [5.41, 5.74) is -3.16. The van der Waals surface area contributed by atoms with Gasteiger partial charge in [0.2, 0.25) is 0 Å². The molecule has 0 radical (unpaired) electrons. The van der Waals surface area contributed by atoms with Gasteiger partial charge in [-0.15, -0.1) is 0 Å². The normalized spacial score (nSPS) is 10.8. The van der Waals surface area contributed by atoms with Gasteiger partial charge >= 0.3 is 6.18 Å². The van der Waals surface area contributed by atoms with Crippen LogP contribution in [-0.2, 0) is 6.18 Å². The molecule has 0 spiro atoms. The second-order valence-corrected chi connectivity index (χ2v) is 2.45. The molecule has 0 aliphatic carbocycles. The van der Waals surface area contributed by atoms with Crippen LogP contribution in [-0.4, -0.2) is 9.91 Å². The first kappa shape index (κ1) is 10.9. The molecule has 0 unspecified atom stereocenters. The molecule has 0 saturated carbocycles. The van der Waals surface area contributed by atoms with Crippen molar-refractivity contribution in [2.75, 3.05) is 0 Å². The summed E-state index contributed by atoms with van der Waals surface area (Å²) in [4.78, 5) is 12.2. The number of nitrogens with zero attached hydrogens (tertiary/aromatic N) is 3. The van der Waals surface area contributed by atoms with E-state index >= 15 is 0 Å². The van der Waals surface area contributed by atoms with E-state index in [9.17, 15) is 23.3 Å². The van der Waals surface area contributed by atoms with Crippen LogP contribution in [0.5, 0.6) is 0 Å². The molecule has 78 valence electrons. The van der Waals surface area contributed by atoms with Gasteiger partial charge < -0.3 is 0 Å². The Morgan fingerprint density at radius 3 is 2.53 bits per heavy atom. The van der Waals surface area contributed by atoms with E-state index in [1.54, 1.807) is 0 Å². The van der Waals surface area contributed by atoms with Crippen LogP contribution in [0.1, 0.15) is 11.3 Å². The maximum Gasteiger partial charge on any atom is 0.423 e. The smallest absolute Gasteiger partial charge is 0.258 e. The van der Waals surface area contributed by atoms with Crippen LogP contribution in [0.4, 0.5) is 18.9 Å². The number of rotatable bonds is 1. The summed E-state index contributed by atoms with van der Waals surface area (Å²) in [6.45, 7) is 0. The minimum atomic E-state index is -4.88. The molecule has 0 bridgehead atoms. The van der Waals surface area contributed by atoms with Gasteiger partial charge in [-0.2, -0.15) is 18.4 Å². The Labute approximate surface area is 80.9 Å². The van der Waals surface area contributed by atoms with Gasteiger partial charge in [-0.05, 0) is 6.07 Å². The van der Waals surface area contributed by atoms with Crippen molar-refractivity contribution >= 4 is 5.69 Å². The Balaban J connectivity index is 3.44. The van der Waals surface area contributed by atoms with Gasteiger partial charge in [0.25, 0.3) is 5.69 Å². The summed E-state index contributed by atoms with van der Waals surface area (Å²) < 4.78 is 36.9. The minimum Gasteiger partial charge on any atom is -0.258 e. The molecule has 0 aliphatic rings. The van der Waals surface area contributed by atoms with Crippen LogP contribution in [0.3, 0.4) is 0 Å². The van der Waals surface area contributed by atoms with Gasteiger partial charge in [0.05, 0.1) is 4.92 Å². The lowest BCUT2D eigenvalue weighted by atomic mass is 10.2. The molecule has 8 heteroatoms. The Hall–Kier alpha value is -2.17. The zero-order valence-corrected chi connectivity index (χ0v) is 6.95. The fraction of sp³-hybridized carbons (Fsp3) is 0.143. The number of hydrogen-bond acceptors (Lipinski definition) is 4. The van der Waals surface area contributed by atoms with Crippen LogP contribution >= 0.6 is 0 Å². The summed E-state index contributed by atoms with van der Waals surface area (Å²) in [5, 5.41) is 18.6. The zero-order chi connectivity index (χ0) is 11.6. The predicted molar refractivity (Wildman–Crippen MR) is 40.6 cm³/mol. The van der Waals surface area contributed by atoms with Crippen LogP contribution in [0.25, 0.3) is 0 Å². The number of nitriles is 1. The molecule has 15 heavy (non-hydrogen) atoms. The Morgan fingerprint density at radius 1 is 1.53 bits per heavy atom. The molecule has 0 N–H and O–H groups in total. The zero-order valence-electron chi connectivity index (χ0n) is 6.95. The molecular weight excluding hydrogens is 215 g/mol. The van der Waals surface area contributed by atoms with Crippen molar-refractivity contribution in [2.45, 2.75) is 6.18 Å². The van der Waals surface area contributed by atoms with Crippen molar-refractivity contribution in [3.8, 4) is 6.07 Å². The molecule has 5 nitrogen and oxygen atoms in total. The van der Waals surface area contributed by atoms with E-state index < -0.39 is 28.0 Å². The summed E-state index contributed by atoms with van der Waals surface area (Å²) in [6, 6.07) is 1.72. The number of pyridine rings is 1. The first-order chi connectivity index (χ1) is 6.86. The molecule has 0 fully saturated rings. The molecule has 1 aromatic rings. The third kappa shape index (κ3) is 2.19. The monoisotopic (exact) mass is 217 g/mol. The van der Waals surface area contributed by atoms with E-state index in [1.165, 1.54) is 6.07 Å². The molecule has 0 atom stereocenters. The Bertz CT molecular complexity index is 450. The second kappa shape index (κ2) is 3.53. The van der Waals surface area contributed by atoms with Crippen LogP contribution in [0.2, 0.25) is 0 Å². The van der Waals surface area contributed by atoms with Gasteiger partial charge in [0, 0.05) is 0 Å². The molecule has 0 aromatic carbocycles. The van der Waals surface area contributed by atoms with E-state index in [0.717, 1.165) is 0 Å². The number of alkyl halides is 3. The highest BCUT2D eigenvalue weighted by molar-refractivity contribution is 5.43. The molecule has 1 rings (SSSR count). The van der Waals surface area contributed by atoms with Crippen molar-refractivity contribution in [1.29, 1.82) is 5.26 Å². The number of aromatic nitrogens is 1. The van der Waals surface area contributed by atoms with Crippen molar-refractivity contribution in [3.05, 3.63) is 33.6 Å². The SMILES string of the molecule is N#Cc1cc(C(F)(F)F)c([N+](=O)[O-])cn1. The highest BCUT2D eigenvalue weighted by atomic mass is 19.4. The van der Waals surface area contributed by atoms with Crippen molar-refractivity contribution in [1.82, 2.24) is 4.98 Å². The van der Waals surface area contributed by atoms with Gasteiger partial charge in [-0.3, -0.25) is 10.1 Å². The quantitative estimate of drug-likeness (QED) is 0.531. The lowest BCUT2D eigenvalue weighted by Crippen LogP contribution is -2.10. The van der Waals surface area contributed by atoms with E-state index in [2.05, 4.69) is 4.98 Å². The van der Waals surface area contributed by atoms with E-state index in [-0.39, 0.29) is 0 Å². The third-order valence-corrected chi connectivity index (χ3v) is 1.50. The van der Waals surface area contributed by atoms with E-state index in [1.807, 2.05) is 0 Å². The van der Waals surface area contributed by atoms with Crippen LogP contribution in [0, 0.1) is 21.4 Å². The van der Waals surface area contributed by atoms with Gasteiger partial charge in [0.1, 0.15) is 23.5 Å². The fourth-order valence-electron chi connectivity index (χ4n) is 0.882. The molecule has 0 aliphatic heterocycles. The molecular formula is C7H2F3N3O2. The van der Waals surface area contributed by atoms with Gasteiger partial charge in [-0.25, -0.2) is 4.98 Å². The average molecular weight is 217 g/mol. The summed E-state index contributed by atoms with van der Waals surface area (Å²) in [7, 11) is 0. The standard InChI is InChI=1S/C7H2F3N3O2/c8-7(9,10)5-1-4(2-11)12-3-6(5)13(14)15/h1,3H. The summed E-state index contributed by atoms with van der Waals surface area (Å²) in [5.74, 6) is 0. The van der Waals surface area contributed by atoms with Crippen molar-refractivity contribution in [2.24, 2.45) is 0 Å². The number of nitro groups is 1. The average Bonchev–Trinajstić information content (AvgIpc) is 2.15. The number of halogens is 3. The summed E-state index contributed by atoms with van der Waals surface area (Å²) >= 11 is 0. The largest absolute Gasteiger partial charge is 0.423 e.